The maximum absolute atomic E-state index is 11.1. The quantitative estimate of drug-likeness (QED) is 0.797. The molecule has 0 radical (unpaired) electrons. The van der Waals surface area contributed by atoms with E-state index in [-0.39, 0.29) is 12.3 Å². The molecule has 0 saturated carbocycles. The Labute approximate surface area is 108 Å². The van der Waals surface area contributed by atoms with Gasteiger partial charge in [0.25, 0.3) is 0 Å². The first kappa shape index (κ1) is 15.2. The summed E-state index contributed by atoms with van der Waals surface area (Å²) in [5, 5.41) is 18.5. The van der Waals surface area contributed by atoms with Gasteiger partial charge in [-0.2, -0.15) is 0 Å². The first-order valence-electron chi connectivity index (χ1n) is 5.91. The number of likely N-dealkylation sites (tertiary alicyclic amines) is 1. The zero-order valence-corrected chi connectivity index (χ0v) is 11.8. The first-order chi connectivity index (χ1) is 8.04. The Morgan fingerprint density at radius 1 is 1.50 bits per heavy atom. The Morgan fingerprint density at radius 2 is 2.06 bits per heavy atom. The van der Waals surface area contributed by atoms with E-state index in [1.807, 2.05) is 13.8 Å². The van der Waals surface area contributed by atoms with Gasteiger partial charge in [-0.25, -0.2) is 13.2 Å². The van der Waals surface area contributed by atoms with Crippen molar-refractivity contribution in [1.29, 1.82) is 0 Å². The van der Waals surface area contributed by atoms with Crippen molar-refractivity contribution in [2.75, 3.05) is 12.8 Å². The average Bonchev–Trinajstić information content (AvgIpc) is 2.48. The van der Waals surface area contributed by atoms with Crippen molar-refractivity contribution in [3.05, 3.63) is 0 Å². The standard InChI is InChI=1S/C11H21NO5S/c1-11(2)6-8(7-12(11)10(14)15)4-5-9(13)18(3,16)17/h8-9,13H,4-7H2,1-3H3,(H,14,15). The van der Waals surface area contributed by atoms with Crippen LogP contribution < -0.4 is 0 Å². The molecule has 1 aliphatic heterocycles. The van der Waals surface area contributed by atoms with Crippen molar-refractivity contribution in [2.24, 2.45) is 5.92 Å². The fourth-order valence-corrected chi connectivity index (χ4v) is 3.07. The Hall–Kier alpha value is -0.820. The van der Waals surface area contributed by atoms with Crippen LogP contribution in [0.15, 0.2) is 0 Å². The second kappa shape index (κ2) is 5.05. The highest BCUT2D eigenvalue weighted by Gasteiger charge is 2.41. The predicted molar refractivity (Wildman–Crippen MR) is 67.0 cm³/mol. The molecule has 0 aromatic rings. The molecule has 1 saturated heterocycles. The summed E-state index contributed by atoms with van der Waals surface area (Å²) < 4.78 is 22.2. The SMILES string of the molecule is CC1(C)CC(CCC(O)S(C)(=O)=O)CN1C(=O)O. The highest BCUT2D eigenvalue weighted by atomic mass is 32.2. The van der Waals surface area contributed by atoms with Gasteiger partial charge in [-0.3, -0.25) is 0 Å². The number of nitrogens with zero attached hydrogens (tertiary/aromatic N) is 1. The lowest BCUT2D eigenvalue weighted by Crippen LogP contribution is -2.41. The number of hydrogen-bond donors (Lipinski definition) is 2. The number of aliphatic hydroxyl groups is 1. The third-order valence-corrected chi connectivity index (χ3v) is 4.73. The minimum absolute atomic E-state index is 0.104. The number of carboxylic acid groups (broad SMARTS) is 1. The molecule has 106 valence electrons. The van der Waals surface area contributed by atoms with Gasteiger partial charge in [0.15, 0.2) is 15.3 Å². The van der Waals surface area contributed by atoms with E-state index < -0.39 is 26.9 Å². The van der Waals surface area contributed by atoms with E-state index in [1.54, 1.807) is 0 Å². The molecule has 2 atom stereocenters. The summed E-state index contributed by atoms with van der Waals surface area (Å²) in [7, 11) is -3.43. The van der Waals surface area contributed by atoms with Gasteiger partial charge in [-0.05, 0) is 39.0 Å². The third kappa shape index (κ3) is 3.58. The van der Waals surface area contributed by atoms with E-state index in [0.29, 0.717) is 19.4 Å². The largest absolute Gasteiger partial charge is 0.465 e. The maximum atomic E-state index is 11.1. The molecule has 1 rings (SSSR count). The van der Waals surface area contributed by atoms with Crippen LogP contribution in [-0.4, -0.2) is 53.4 Å². The molecule has 0 bridgehead atoms. The number of rotatable bonds is 4. The summed E-state index contributed by atoms with van der Waals surface area (Å²) in [6, 6.07) is 0. The summed E-state index contributed by atoms with van der Waals surface area (Å²) in [5.41, 5.74) is -1.77. The molecule has 1 heterocycles. The topological polar surface area (TPSA) is 94.9 Å². The fraction of sp³-hybridized carbons (Fsp3) is 0.909. The average molecular weight is 279 g/mol. The second-order valence-electron chi connectivity index (χ2n) is 5.64. The van der Waals surface area contributed by atoms with E-state index in [2.05, 4.69) is 0 Å². The van der Waals surface area contributed by atoms with Crippen molar-refractivity contribution in [3.63, 3.8) is 0 Å². The number of hydrogen-bond acceptors (Lipinski definition) is 4. The molecule has 0 aromatic heterocycles. The number of amides is 1. The molecule has 1 amide bonds. The fourth-order valence-electron chi connectivity index (χ4n) is 2.51. The summed E-state index contributed by atoms with van der Waals surface area (Å²) in [4.78, 5) is 12.4. The smallest absolute Gasteiger partial charge is 0.407 e. The minimum atomic E-state index is -3.43. The van der Waals surface area contributed by atoms with Gasteiger partial charge in [-0.1, -0.05) is 0 Å². The van der Waals surface area contributed by atoms with Crippen LogP contribution >= 0.6 is 0 Å². The van der Waals surface area contributed by atoms with Gasteiger partial charge in [0.05, 0.1) is 0 Å². The lowest BCUT2D eigenvalue weighted by atomic mass is 9.93. The number of aliphatic hydroxyl groups excluding tert-OH is 1. The molecule has 0 aromatic carbocycles. The summed E-state index contributed by atoms with van der Waals surface area (Å²) in [6.07, 6.45) is 1.41. The van der Waals surface area contributed by atoms with Gasteiger partial charge >= 0.3 is 6.09 Å². The first-order valence-corrected chi connectivity index (χ1v) is 7.87. The Morgan fingerprint density at radius 3 is 2.44 bits per heavy atom. The van der Waals surface area contributed by atoms with Gasteiger partial charge < -0.3 is 15.1 Å². The maximum Gasteiger partial charge on any atom is 0.407 e. The molecule has 18 heavy (non-hydrogen) atoms. The molecule has 1 fully saturated rings. The zero-order valence-electron chi connectivity index (χ0n) is 11.0. The van der Waals surface area contributed by atoms with Crippen LogP contribution in [0.25, 0.3) is 0 Å². The van der Waals surface area contributed by atoms with E-state index in [1.165, 1.54) is 4.90 Å². The van der Waals surface area contributed by atoms with Crippen LogP contribution in [0.1, 0.15) is 33.1 Å². The highest BCUT2D eigenvalue weighted by molar-refractivity contribution is 7.91. The van der Waals surface area contributed by atoms with Crippen LogP contribution in [0.3, 0.4) is 0 Å². The minimum Gasteiger partial charge on any atom is -0.465 e. The van der Waals surface area contributed by atoms with Gasteiger partial charge in [-0.15, -0.1) is 0 Å². The van der Waals surface area contributed by atoms with Crippen LogP contribution in [0.4, 0.5) is 4.79 Å². The van der Waals surface area contributed by atoms with Crippen LogP contribution in [0.2, 0.25) is 0 Å². The molecule has 2 unspecified atom stereocenters. The van der Waals surface area contributed by atoms with Gasteiger partial charge in [0.1, 0.15) is 0 Å². The summed E-state index contributed by atoms with van der Waals surface area (Å²) >= 11 is 0. The van der Waals surface area contributed by atoms with Gasteiger partial charge in [0.2, 0.25) is 0 Å². The Balaban J connectivity index is 2.55. The van der Waals surface area contributed by atoms with Crippen LogP contribution in [0.5, 0.6) is 0 Å². The molecule has 0 spiro atoms. The molecule has 1 aliphatic rings. The van der Waals surface area contributed by atoms with E-state index in [9.17, 15) is 18.3 Å². The van der Waals surface area contributed by atoms with E-state index in [4.69, 9.17) is 5.11 Å². The lowest BCUT2D eigenvalue weighted by molar-refractivity contribution is 0.117. The van der Waals surface area contributed by atoms with Crippen LogP contribution in [0, 0.1) is 5.92 Å². The van der Waals surface area contributed by atoms with Crippen molar-refractivity contribution in [1.82, 2.24) is 4.90 Å². The molecular formula is C11H21NO5S. The lowest BCUT2D eigenvalue weighted by Gasteiger charge is -2.28. The van der Waals surface area contributed by atoms with Gasteiger partial charge in [0, 0.05) is 18.3 Å². The zero-order chi connectivity index (χ0) is 14.1. The summed E-state index contributed by atoms with van der Waals surface area (Å²) in [6.45, 7) is 4.11. The Bertz CT molecular complexity index is 417. The molecular weight excluding hydrogens is 258 g/mol. The predicted octanol–water partition coefficient (Wildman–Crippen LogP) is 0.908. The molecule has 6 nitrogen and oxygen atoms in total. The van der Waals surface area contributed by atoms with Crippen LogP contribution in [-0.2, 0) is 9.84 Å². The van der Waals surface area contributed by atoms with Crippen molar-refractivity contribution in [2.45, 2.75) is 44.1 Å². The second-order valence-corrected chi connectivity index (χ2v) is 7.84. The normalized spacial score (nSPS) is 25.1. The Kier molecular flexibility index (Phi) is 4.27. The summed E-state index contributed by atoms with van der Waals surface area (Å²) in [5.74, 6) is 0.104. The monoisotopic (exact) mass is 279 g/mol. The van der Waals surface area contributed by atoms with E-state index in [0.717, 1.165) is 6.26 Å². The molecule has 7 heteroatoms. The molecule has 2 N–H and O–H groups in total. The van der Waals surface area contributed by atoms with Crippen molar-refractivity contribution >= 4 is 15.9 Å². The highest BCUT2D eigenvalue weighted by Crippen LogP contribution is 2.35. The van der Waals surface area contributed by atoms with Crippen molar-refractivity contribution in [3.8, 4) is 0 Å². The third-order valence-electron chi connectivity index (χ3n) is 3.51. The van der Waals surface area contributed by atoms with Crippen molar-refractivity contribution < 1.29 is 23.4 Å². The number of sulfone groups is 1. The number of carbonyl (C=O) groups is 1. The molecule has 0 aliphatic carbocycles. The van der Waals surface area contributed by atoms with E-state index >= 15 is 0 Å².